The molecule has 0 radical (unpaired) electrons. The highest BCUT2D eigenvalue weighted by molar-refractivity contribution is 14.1. The fraction of sp³-hybridized carbons (Fsp3) is 0.300. The fourth-order valence-corrected chi connectivity index (χ4v) is 2.93. The van der Waals surface area contributed by atoms with Crippen molar-refractivity contribution < 1.29 is 14.3 Å². The Hall–Kier alpha value is -2.09. The van der Waals surface area contributed by atoms with Crippen LogP contribution in [0.5, 0.6) is 11.5 Å². The first-order valence-corrected chi connectivity index (χ1v) is 9.26. The first-order chi connectivity index (χ1) is 12.3. The van der Waals surface area contributed by atoms with E-state index in [1.807, 2.05) is 42.5 Å². The van der Waals surface area contributed by atoms with Crippen LogP contribution in [0.4, 0.5) is 0 Å². The van der Waals surface area contributed by atoms with E-state index in [1.54, 1.807) is 13.3 Å². The minimum Gasteiger partial charge on any atom is -0.496 e. The molecule has 0 bridgehead atoms. The summed E-state index contributed by atoms with van der Waals surface area (Å²) in [4.78, 5) is 11.8. The van der Waals surface area contributed by atoms with E-state index < -0.39 is 0 Å². The van der Waals surface area contributed by atoms with Crippen LogP contribution in [-0.2, 0) is 10.2 Å². The minimum atomic E-state index is -0.315. The highest BCUT2D eigenvalue weighted by Gasteiger charge is 2.13. The number of methoxy groups -OCH3 is 1. The molecule has 0 aromatic heterocycles. The number of ether oxygens (including phenoxy) is 2. The van der Waals surface area contributed by atoms with Crippen molar-refractivity contribution in [2.45, 2.75) is 26.2 Å². The van der Waals surface area contributed by atoms with Gasteiger partial charge in [0.25, 0.3) is 5.91 Å². The Morgan fingerprint density at radius 1 is 1.19 bits per heavy atom. The van der Waals surface area contributed by atoms with Gasteiger partial charge in [-0.15, -0.1) is 0 Å². The van der Waals surface area contributed by atoms with Crippen LogP contribution in [0.15, 0.2) is 47.6 Å². The second kappa shape index (κ2) is 9.02. The molecule has 138 valence electrons. The molecule has 0 aliphatic heterocycles. The Balaban J connectivity index is 1.82. The lowest BCUT2D eigenvalue weighted by molar-refractivity contribution is -0.123. The molecule has 0 saturated carbocycles. The van der Waals surface area contributed by atoms with Gasteiger partial charge in [-0.3, -0.25) is 4.79 Å². The first kappa shape index (κ1) is 20.2. The lowest BCUT2D eigenvalue weighted by atomic mass is 9.87. The summed E-state index contributed by atoms with van der Waals surface area (Å²) in [5.41, 5.74) is 4.63. The zero-order chi connectivity index (χ0) is 19.2. The smallest absolute Gasteiger partial charge is 0.277 e. The second-order valence-electron chi connectivity index (χ2n) is 6.75. The molecule has 1 amide bonds. The van der Waals surface area contributed by atoms with Crippen molar-refractivity contribution in [3.63, 3.8) is 0 Å². The highest BCUT2D eigenvalue weighted by atomic mass is 127. The van der Waals surface area contributed by atoms with Crippen molar-refractivity contribution in [1.29, 1.82) is 0 Å². The third-order valence-electron chi connectivity index (χ3n) is 3.67. The maximum absolute atomic E-state index is 11.8. The summed E-state index contributed by atoms with van der Waals surface area (Å²) in [6.07, 6.45) is 1.58. The summed E-state index contributed by atoms with van der Waals surface area (Å²) in [6.45, 7) is 6.36. The molecule has 2 rings (SSSR count). The molecule has 2 aromatic carbocycles. The Morgan fingerprint density at radius 3 is 2.46 bits per heavy atom. The summed E-state index contributed by atoms with van der Waals surface area (Å²) in [5, 5.41) is 3.95. The number of benzene rings is 2. The van der Waals surface area contributed by atoms with Crippen molar-refractivity contribution in [3.05, 3.63) is 57.2 Å². The van der Waals surface area contributed by atoms with Crippen molar-refractivity contribution >= 4 is 34.7 Å². The molecule has 0 atom stereocenters. The molecule has 0 fully saturated rings. The molecular formula is C20H23IN2O3. The molecule has 26 heavy (non-hydrogen) atoms. The zero-order valence-electron chi connectivity index (χ0n) is 15.4. The largest absolute Gasteiger partial charge is 0.496 e. The maximum Gasteiger partial charge on any atom is 0.277 e. The lowest BCUT2D eigenvalue weighted by Crippen LogP contribution is -2.24. The number of halogens is 1. The van der Waals surface area contributed by atoms with Crippen molar-refractivity contribution in [1.82, 2.24) is 5.43 Å². The van der Waals surface area contributed by atoms with E-state index in [4.69, 9.17) is 9.47 Å². The van der Waals surface area contributed by atoms with Crippen molar-refractivity contribution in [2.24, 2.45) is 5.10 Å². The molecule has 0 aliphatic carbocycles. The summed E-state index contributed by atoms with van der Waals surface area (Å²) >= 11 is 2.18. The molecule has 6 heteroatoms. The van der Waals surface area contributed by atoms with E-state index in [9.17, 15) is 4.79 Å². The van der Waals surface area contributed by atoms with Crippen molar-refractivity contribution in [2.75, 3.05) is 13.7 Å². The van der Waals surface area contributed by atoms with Crippen LogP contribution in [0.3, 0.4) is 0 Å². The molecule has 0 saturated heterocycles. The van der Waals surface area contributed by atoms with Gasteiger partial charge < -0.3 is 9.47 Å². The maximum atomic E-state index is 11.8. The van der Waals surface area contributed by atoms with Crippen LogP contribution in [-0.4, -0.2) is 25.8 Å². The minimum absolute atomic E-state index is 0.0872. The van der Waals surface area contributed by atoms with E-state index >= 15 is 0 Å². The van der Waals surface area contributed by atoms with Crippen LogP contribution in [0, 0.1) is 3.57 Å². The quantitative estimate of drug-likeness (QED) is 0.396. The lowest BCUT2D eigenvalue weighted by Gasteiger charge is -2.19. The van der Waals surface area contributed by atoms with Gasteiger partial charge in [-0.25, -0.2) is 5.43 Å². The molecule has 0 unspecified atom stereocenters. The number of rotatable bonds is 6. The summed E-state index contributed by atoms with van der Waals surface area (Å²) < 4.78 is 11.7. The predicted molar refractivity (Wildman–Crippen MR) is 112 cm³/mol. The van der Waals surface area contributed by atoms with Gasteiger partial charge >= 0.3 is 0 Å². The van der Waals surface area contributed by atoms with Crippen molar-refractivity contribution in [3.8, 4) is 11.5 Å². The van der Waals surface area contributed by atoms with E-state index in [0.29, 0.717) is 5.75 Å². The van der Waals surface area contributed by atoms with Gasteiger partial charge in [0.1, 0.15) is 11.5 Å². The number of hydrazone groups is 1. The SMILES string of the molecule is COc1ccc(C=NNC(=O)COc2ccc(C(C)(C)C)cc2)cc1I. The number of hydrogen-bond acceptors (Lipinski definition) is 4. The number of hydrogen-bond donors (Lipinski definition) is 1. The van der Waals surface area contributed by atoms with Crippen LogP contribution >= 0.6 is 22.6 Å². The Bertz CT molecular complexity index is 781. The first-order valence-electron chi connectivity index (χ1n) is 8.18. The molecule has 0 heterocycles. The van der Waals surface area contributed by atoms with Crippen LogP contribution in [0.25, 0.3) is 0 Å². The normalized spacial score (nSPS) is 11.4. The molecule has 0 spiro atoms. The molecule has 2 aromatic rings. The Kier molecular flexibility index (Phi) is 7.02. The standard InChI is InChI=1S/C20H23IN2O3/c1-20(2,3)15-6-8-16(9-7-15)26-13-19(24)23-22-12-14-5-10-18(25-4)17(21)11-14/h5-12H,13H2,1-4H3,(H,23,24). The Labute approximate surface area is 167 Å². The zero-order valence-corrected chi connectivity index (χ0v) is 17.5. The monoisotopic (exact) mass is 466 g/mol. The van der Waals surface area contributed by atoms with Gasteiger partial charge in [-0.05, 0) is 69.5 Å². The van der Waals surface area contributed by atoms with Gasteiger partial charge in [0, 0.05) is 0 Å². The number of nitrogens with zero attached hydrogens (tertiary/aromatic N) is 1. The van der Waals surface area contributed by atoms with E-state index in [2.05, 4.69) is 53.9 Å². The third kappa shape index (κ3) is 6.01. The number of carbonyl (C=O) groups excluding carboxylic acids is 1. The van der Waals surface area contributed by atoms with Gasteiger partial charge in [-0.2, -0.15) is 5.10 Å². The summed E-state index contributed by atoms with van der Waals surface area (Å²) in [7, 11) is 1.63. The summed E-state index contributed by atoms with van der Waals surface area (Å²) in [6, 6.07) is 13.4. The van der Waals surface area contributed by atoms with Crippen LogP contribution in [0.1, 0.15) is 31.9 Å². The van der Waals surface area contributed by atoms with E-state index in [0.717, 1.165) is 14.9 Å². The van der Waals surface area contributed by atoms with Gasteiger partial charge in [-0.1, -0.05) is 32.9 Å². The molecule has 0 aliphatic rings. The number of amides is 1. The average Bonchev–Trinajstić information content (AvgIpc) is 2.60. The molecular weight excluding hydrogens is 443 g/mol. The third-order valence-corrected chi connectivity index (χ3v) is 4.51. The highest BCUT2D eigenvalue weighted by Crippen LogP contribution is 2.24. The second-order valence-corrected chi connectivity index (χ2v) is 7.91. The van der Waals surface area contributed by atoms with Crippen LogP contribution in [0.2, 0.25) is 0 Å². The van der Waals surface area contributed by atoms with Gasteiger partial charge in [0.15, 0.2) is 6.61 Å². The number of nitrogens with one attached hydrogen (secondary N) is 1. The topological polar surface area (TPSA) is 59.9 Å². The van der Waals surface area contributed by atoms with E-state index in [-0.39, 0.29) is 17.9 Å². The van der Waals surface area contributed by atoms with Gasteiger partial charge in [0.05, 0.1) is 16.9 Å². The number of carbonyl (C=O) groups is 1. The molecule has 5 nitrogen and oxygen atoms in total. The van der Waals surface area contributed by atoms with Gasteiger partial charge in [0.2, 0.25) is 0 Å². The fourth-order valence-electron chi connectivity index (χ4n) is 2.17. The van der Waals surface area contributed by atoms with E-state index in [1.165, 1.54) is 5.56 Å². The van der Waals surface area contributed by atoms with Crippen LogP contribution < -0.4 is 14.9 Å². The summed E-state index contributed by atoms with van der Waals surface area (Å²) in [5.74, 6) is 1.14. The predicted octanol–water partition coefficient (Wildman–Crippen LogP) is 4.13. The average molecular weight is 466 g/mol. The Morgan fingerprint density at radius 2 is 1.88 bits per heavy atom. The molecule has 1 N–H and O–H groups in total.